The first-order valence-corrected chi connectivity index (χ1v) is 6.11. The number of likely N-dealkylation sites (N-methyl/N-ethyl adjacent to an activating group) is 1. The topological polar surface area (TPSA) is 89.4 Å². The Hall–Kier alpha value is -2.34. The van der Waals surface area contributed by atoms with Crippen LogP contribution in [0.25, 0.3) is 11.3 Å². The molecule has 7 heteroatoms. The van der Waals surface area contributed by atoms with Crippen LogP contribution in [0.2, 0.25) is 5.02 Å². The minimum Gasteiger partial charge on any atom is -0.368 e. The first kappa shape index (κ1) is 14.1. The number of benzene rings is 1. The predicted octanol–water partition coefficient (Wildman–Crippen LogP) is 1.55. The van der Waals surface area contributed by atoms with Gasteiger partial charge in [0.1, 0.15) is 5.69 Å². The number of carbonyl (C=O) groups is 2. The summed E-state index contributed by atoms with van der Waals surface area (Å²) in [6, 6.07) is 8.50. The highest BCUT2D eigenvalue weighted by Crippen LogP contribution is 2.22. The van der Waals surface area contributed by atoms with Gasteiger partial charge in [-0.1, -0.05) is 28.9 Å². The molecule has 0 saturated carbocycles. The van der Waals surface area contributed by atoms with Crippen LogP contribution in [0, 0.1) is 0 Å². The lowest BCUT2D eigenvalue weighted by molar-refractivity contribution is -0.118. The lowest BCUT2D eigenvalue weighted by Crippen LogP contribution is -2.35. The molecule has 2 rings (SSSR count). The van der Waals surface area contributed by atoms with Crippen LogP contribution in [0.4, 0.5) is 0 Å². The summed E-state index contributed by atoms with van der Waals surface area (Å²) in [5, 5.41) is 4.37. The Bertz CT molecular complexity index is 654. The summed E-state index contributed by atoms with van der Waals surface area (Å²) in [6.07, 6.45) is 0. The lowest BCUT2D eigenvalue weighted by Gasteiger charge is -2.11. The van der Waals surface area contributed by atoms with Gasteiger partial charge in [0, 0.05) is 23.7 Å². The predicted molar refractivity (Wildman–Crippen MR) is 73.1 cm³/mol. The average Bonchev–Trinajstić information content (AvgIpc) is 2.86. The smallest absolute Gasteiger partial charge is 0.292 e. The number of amides is 2. The number of nitrogens with two attached hydrogens (primary N) is 1. The quantitative estimate of drug-likeness (QED) is 0.926. The molecule has 1 aromatic carbocycles. The summed E-state index contributed by atoms with van der Waals surface area (Å²) in [6.45, 7) is -0.188. The van der Waals surface area contributed by atoms with Crippen LogP contribution in [-0.4, -0.2) is 35.5 Å². The van der Waals surface area contributed by atoms with Crippen molar-refractivity contribution in [3.63, 3.8) is 0 Å². The Balaban J connectivity index is 2.21. The van der Waals surface area contributed by atoms with Crippen molar-refractivity contribution in [2.75, 3.05) is 13.6 Å². The third kappa shape index (κ3) is 3.16. The standard InChI is InChI=1S/C13H12ClN3O3/c1-17(7-12(15)18)13(19)11-6-10(16-20-11)8-3-2-4-9(14)5-8/h2-6H,7H2,1H3,(H2,15,18). The molecule has 2 N–H and O–H groups in total. The van der Waals surface area contributed by atoms with Gasteiger partial charge in [-0.25, -0.2) is 0 Å². The normalized spacial score (nSPS) is 10.3. The van der Waals surface area contributed by atoms with Crippen LogP contribution in [0.3, 0.4) is 0 Å². The van der Waals surface area contributed by atoms with Crippen molar-refractivity contribution in [2.45, 2.75) is 0 Å². The lowest BCUT2D eigenvalue weighted by atomic mass is 10.1. The van der Waals surface area contributed by atoms with E-state index in [0.29, 0.717) is 10.7 Å². The van der Waals surface area contributed by atoms with E-state index in [0.717, 1.165) is 10.5 Å². The molecule has 0 aliphatic rings. The van der Waals surface area contributed by atoms with E-state index in [1.807, 2.05) is 0 Å². The van der Waals surface area contributed by atoms with E-state index < -0.39 is 11.8 Å². The number of aromatic nitrogens is 1. The van der Waals surface area contributed by atoms with Gasteiger partial charge < -0.3 is 15.2 Å². The molecular weight excluding hydrogens is 282 g/mol. The maximum absolute atomic E-state index is 12.0. The highest BCUT2D eigenvalue weighted by atomic mass is 35.5. The van der Waals surface area contributed by atoms with Crippen molar-refractivity contribution >= 4 is 23.4 Å². The number of carbonyl (C=O) groups excluding carboxylic acids is 2. The maximum Gasteiger partial charge on any atom is 0.292 e. The number of hydrogen-bond donors (Lipinski definition) is 1. The first-order valence-electron chi connectivity index (χ1n) is 5.74. The monoisotopic (exact) mass is 293 g/mol. The summed E-state index contributed by atoms with van der Waals surface area (Å²) < 4.78 is 4.99. The van der Waals surface area contributed by atoms with Gasteiger partial charge >= 0.3 is 0 Å². The van der Waals surface area contributed by atoms with E-state index in [-0.39, 0.29) is 12.3 Å². The summed E-state index contributed by atoms with van der Waals surface area (Å²) in [7, 11) is 1.45. The Morgan fingerprint density at radius 1 is 1.40 bits per heavy atom. The summed E-state index contributed by atoms with van der Waals surface area (Å²) >= 11 is 5.89. The summed E-state index contributed by atoms with van der Waals surface area (Å²) in [4.78, 5) is 23.9. The Morgan fingerprint density at radius 2 is 2.15 bits per heavy atom. The Kier molecular flexibility index (Phi) is 4.05. The van der Waals surface area contributed by atoms with Gasteiger partial charge in [-0.2, -0.15) is 0 Å². The molecular formula is C13H12ClN3O3. The Labute approximate surface area is 120 Å². The summed E-state index contributed by atoms with van der Waals surface area (Å²) in [5.74, 6) is -1.04. The number of primary amides is 1. The van der Waals surface area contributed by atoms with Crippen LogP contribution >= 0.6 is 11.6 Å². The van der Waals surface area contributed by atoms with Crippen molar-refractivity contribution in [2.24, 2.45) is 5.73 Å². The number of nitrogens with zero attached hydrogens (tertiary/aromatic N) is 2. The van der Waals surface area contributed by atoms with E-state index in [1.165, 1.54) is 13.1 Å². The molecule has 1 aromatic heterocycles. The van der Waals surface area contributed by atoms with Crippen molar-refractivity contribution in [3.05, 3.63) is 41.1 Å². The molecule has 0 radical (unpaired) electrons. The molecule has 0 aliphatic heterocycles. The van der Waals surface area contributed by atoms with E-state index in [2.05, 4.69) is 5.16 Å². The zero-order valence-electron chi connectivity index (χ0n) is 10.7. The molecule has 20 heavy (non-hydrogen) atoms. The van der Waals surface area contributed by atoms with Gasteiger partial charge in [-0.15, -0.1) is 0 Å². The fourth-order valence-electron chi connectivity index (χ4n) is 1.65. The molecule has 0 fully saturated rings. The fourth-order valence-corrected chi connectivity index (χ4v) is 1.84. The first-order chi connectivity index (χ1) is 9.47. The molecule has 0 unspecified atom stereocenters. The molecule has 2 aromatic rings. The van der Waals surface area contributed by atoms with Gasteiger partial charge in [0.25, 0.3) is 5.91 Å². The molecule has 0 saturated heterocycles. The third-order valence-electron chi connectivity index (χ3n) is 2.58. The molecule has 2 amide bonds. The van der Waals surface area contributed by atoms with E-state index in [1.54, 1.807) is 24.3 Å². The molecule has 6 nitrogen and oxygen atoms in total. The Morgan fingerprint density at radius 3 is 2.80 bits per heavy atom. The zero-order valence-corrected chi connectivity index (χ0v) is 11.4. The van der Waals surface area contributed by atoms with Crippen LogP contribution in [0.1, 0.15) is 10.6 Å². The summed E-state index contributed by atoms with van der Waals surface area (Å²) in [5.41, 5.74) is 6.25. The SMILES string of the molecule is CN(CC(N)=O)C(=O)c1cc(-c2cccc(Cl)c2)no1. The van der Waals surface area contributed by atoms with E-state index >= 15 is 0 Å². The minimum absolute atomic E-state index is 0.0312. The van der Waals surface area contributed by atoms with Crippen molar-refractivity contribution < 1.29 is 14.1 Å². The number of halogens is 1. The van der Waals surface area contributed by atoms with E-state index in [4.69, 9.17) is 21.9 Å². The van der Waals surface area contributed by atoms with Crippen molar-refractivity contribution in [1.82, 2.24) is 10.1 Å². The van der Waals surface area contributed by atoms with Gasteiger partial charge in [0.05, 0.1) is 6.54 Å². The minimum atomic E-state index is -0.601. The maximum atomic E-state index is 12.0. The second-order valence-corrected chi connectivity index (χ2v) is 4.65. The largest absolute Gasteiger partial charge is 0.368 e. The molecule has 0 bridgehead atoms. The average molecular weight is 294 g/mol. The fraction of sp³-hybridized carbons (Fsp3) is 0.154. The number of rotatable bonds is 4. The highest BCUT2D eigenvalue weighted by molar-refractivity contribution is 6.30. The van der Waals surface area contributed by atoms with Crippen LogP contribution < -0.4 is 5.73 Å². The highest BCUT2D eigenvalue weighted by Gasteiger charge is 2.19. The van der Waals surface area contributed by atoms with Crippen molar-refractivity contribution in [1.29, 1.82) is 0 Å². The second-order valence-electron chi connectivity index (χ2n) is 4.21. The molecule has 0 aliphatic carbocycles. The number of hydrogen-bond acceptors (Lipinski definition) is 4. The van der Waals surface area contributed by atoms with Gasteiger partial charge in [0.2, 0.25) is 11.7 Å². The van der Waals surface area contributed by atoms with Crippen LogP contribution in [-0.2, 0) is 4.79 Å². The molecule has 0 spiro atoms. The zero-order chi connectivity index (χ0) is 14.7. The molecule has 104 valence electrons. The van der Waals surface area contributed by atoms with Gasteiger partial charge in [0.15, 0.2) is 0 Å². The van der Waals surface area contributed by atoms with Gasteiger partial charge in [-0.05, 0) is 12.1 Å². The second kappa shape index (κ2) is 5.75. The van der Waals surface area contributed by atoms with Crippen LogP contribution in [0.5, 0.6) is 0 Å². The van der Waals surface area contributed by atoms with Crippen LogP contribution in [0.15, 0.2) is 34.9 Å². The third-order valence-corrected chi connectivity index (χ3v) is 2.82. The van der Waals surface area contributed by atoms with E-state index in [9.17, 15) is 9.59 Å². The molecule has 1 heterocycles. The van der Waals surface area contributed by atoms with Gasteiger partial charge in [-0.3, -0.25) is 9.59 Å². The molecule has 0 atom stereocenters. The van der Waals surface area contributed by atoms with Crippen molar-refractivity contribution in [3.8, 4) is 11.3 Å².